The third kappa shape index (κ3) is 6.66. The van der Waals surface area contributed by atoms with Crippen molar-refractivity contribution in [1.29, 1.82) is 0 Å². The summed E-state index contributed by atoms with van der Waals surface area (Å²) in [7, 11) is 5.89. The van der Waals surface area contributed by atoms with Crippen LogP contribution < -0.4 is 20.1 Å². The number of nitrogens with zero attached hydrogens (tertiary/aromatic N) is 2. The Morgan fingerprint density at radius 3 is 2.50 bits per heavy atom. The number of hydrogen-bond donors (Lipinski definition) is 2. The maximum atomic E-state index is 5.59. The molecule has 1 aliphatic heterocycles. The van der Waals surface area contributed by atoms with Crippen LogP contribution in [0.2, 0.25) is 0 Å². The highest BCUT2D eigenvalue weighted by Gasteiger charge is 2.34. The largest absolute Gasteiger partial charge is 0.493 e. The number of ether oxygens (including phenoxy) is 3. The monoisotopic (exact) mass is 506 g/mol. The lowest BCUT2D eigenvalue weighted by atomic mass is 9.89. The van der Waals surface area contributed by atoms with Crippen molar-refractivity contribution in [3.05, 3.63) is 18.2 Å². The molecule has 0 spiro atoms. The minimum atomic E-state index is 0. The maximum absolute atomic E-state index is 5.59. The fourth-order valence-corrected chi connectivity index (χ4v) is 3.19. The molecule has 28 heavy (non-hydrogen) atoms. The van der Waals surface area contributed by atoms with Crippen LogP contribution in [0.1, 0.15) is 26.7 Å². The van der Waals surface area contributed by atoms with Gasteiger partial charge in [-0.15, -0.1) is 24.0 Å². The van der Waals surface area contributed by atoms with Gasteiger partial charge in [0.2, 0.25) is 0 Å². The number of methoxy groups -OCH3 is 1. The zero-order valence-corrected chi connectivity index (χ0v) is 20.0. The van der Waals surface area contributed by atoms with Crippen LogP contribution in [0.25, 0.3) is 0 Å². The molecular weight excluding hydrogens is 471 g/mol. The maximum Gasteiger partial charge on any atom is 0.195 e. The highest BCUT2D eigenvalue weighted by molar-refractivity contribution is 14.0. The van der Waals surface area contributed by atoms with Crippen molar-refractivity contribution in [2.75, 3.05) is 59.4 Å². The highest BCUT2D eigenvalue weighted by Crippen LogP contribution is 2.30. The lowest BCUT2D eigenvalue weighted by molar-refractivity contribution is -0.00251. The van der Waals surface area contributed by atoms with Crippen molar-refractivity contribution >= 4 is 35.6 Å². The summed E-state index contributed by atoms with van der Waals surface area (Å²) in [5, 5.41) is 6.69. The average molecular weight is 506 g/mol. The van der Waals surface area contributed by atoms with Crippen LogP contribution in [-0.2, 0) is 4.74 Å². The summed E-state index contributed by atoms with van der Waals surface area (Å²) in [6.07, 6.45) is 1.97. The normalized spacial score (nSPS) is 16.3. The first-order chi connectivity index (χ1) is 13.0. The molecule has 0 atom stereocenters. The summed E-state index contributed by atoms with van der Waals surface area (Å²) in [6.45, 7) is 7.70. The van der Waals surface area contributed by atoms with E-state index in [9.17, 15) is 0 Å². The Balaban J connectivity index is 0.00000392. The van der Waals surface area contributed by atoms with Crippen molar-refractivity contribution in [2.45, 2.75) is 32.2 Å². The third-order valence-corrected chi connectivity index (χ3v) is 4.97. The van der Waals surface area contributed by atoms with Crippen molar-refractivity contribution < 1.29 is 14.2 Å². The molecule has 2 N–H and O–H groups in total. The Hall–Kier alpha value is -1.26. The molecule has 8 heteroatoms. The van der Waals surface area contributed by atoms with Gasteiger partial charge in [-0.25, -0.2) is 0 Å². The SMILES string of the molecule is CCNC(=NCC1(N(C)C)CCOCC1)Nc1ccc(OCC)c(OC)c1.I. The van der Waals surface area contributed by atoms with Crippen LogP contribution >= 0.6 is 24.0 Å². The molecular formula is C20H35IN4O3. The van der Waals surface area contributed by atoms with Gasteiger partial charge >= 0.3 is 0 Å². The van der Waals surface area contributed by atoms with E-state index in [1.807, 2.05) is 25.1 Å². The molecule has 0 amide bonds. The van der Waals surface area contributed by atoms with Crippen LogP contribution in [0.5, 0.6) is 11.5 Å². The van der Waals surface area contributed by atoms with Crippen LogP contribution in [0.15, 0.2) is 23.2 Å². The van der Waals surface area contributed by atoms with E-state index < -0.39 is 0 Å². The van der Waals surface area contributed by atoms with Crippen LogP contribution in [-0.4, -0.2) is 70.5 Å². The Labute approximate surface area is 186 Å². The summed E-state index contributed by atoms with van der Waals surface area (Å²) < 4.78 is 16.6. The standard InChI is InChI=1S/C20H34N4O3.HI/c1-6-21-19(22-15-20(24(3)4)10-12-26-13-11-20)23-16-8-9-17(27-7-2)18(14-16)25-5;/h8-9,14H,6-7,10-13,15H2,1-5H3,(H2,21,22,23);1H. The topological polar surface area (TPSA) is 67.4 Å². The van der Waals surface area contributed by atoms with Gasteiger partial charge in [-0.05, 0) is 52.9 Å². The molecule has 7 nitrogen and oxygen atoms in total. The molecule has 1 aromatic carbocycles. The second-order valence-electron chi connectivity index (χ2n) is 6.85. The number of guanidine groups is 1. The summed E-state index contributed by atoms with van der Waals surface area (Å²) >= 11 is 0. The molecule has 0 unspecified atom stereocenters. The number of likely N-dealkylation sites (N-methyl/N-ethyl adjacent to an activating group) is 1. The average Bonchev–Trinajstić information content (AvgIpc) is 2.68. The first-order valence-corrected chi connectivity index (χ1v) is 9.66. The predicted octanol–water partition coefficient (Wildman–Crippen LogP) is 3.20. The number of anilines is 1. The molecule has 0 saturated carbocycles. The zero-order chi connectivity index (χ0) is 19.7. The summed E-state index contributed by atoms with van der Waals surface area (Å²) in [6, 6.07) is 5.80. The highest BCUT2D eigenvalue weighted by atomic mass is 127. The third-order valence-electron chi connectivity index (χ3n) is 4.97. The Morgan fingerprint density at radius 2 is 1.93 bits per heavy atom. The van der Waals surface area contributed by atoms with Gasteiger partial charge in [0.25, 0.3) is 0 Å². The number of rotatable bonds is 8. The van der Waals surface area contributed by atoms with E-state index in [0.29, 0.717) is 18.9 Å². The van der Waals surface area contributed by atoms with E-state index in [1.54, 1.807) is 7.11 Å². The second-order valence-corrected chi connectivity index (χ2v) is 6.85. The Kier molecular flexibility index (Phi) is 10.9. The molecule has 0 bridgehead atoms. The van der Waals surface area contributed by atoms with Crippen LogP contribution in [0, 0.1) is 0 Å². The fourth-order valence-electron chi connectivity index (χ4n) is 3.19. The van der Waals surface area contributed by atoms with E-state index in [0.717, 1.165) is 50.0 Å². The minimum Gasteiger partial charge on any atom is -0.493 e. The summed E-state index contributed by atoms with van der Waals surface area (Å²) in [5.74, 6) is 2.20. The molecule has 0 aliphatic carbocycles. The lowest BCUT2D eigenvalue weighted by Gasteiger charge is -2.41. The lowest BCUT2D eigenvalue weighted by Crippen LogP contribution is -2.51. The van der Waals surface area contributed by atoms with Gasteiger partial charge in [-0.3, -0.25) is 4.99 Å². The van der Waals surface area contributed by atoms with Crippen LogP contribution in [0.3, 0.4) is 0 Å². The van der Waals surface area contributed by atoms with E-state index in [4.69, 9.17) is 19.2 Å². The van der Waals surface area contributed by atoms with E-state index in [2.05, 4.69) is 36.6 Å². The van der Waals surface area contributed by atoms with E-state index >= 15 is 0 Å². The summed E-state index contributed by atoms with van der Waals surface area (Å²) in [5.41, 5.74) is 0.942. The molecule has 1 aromatic rings. The van der Waals surface area contributed by atoms with Crippen LogP contribution in [0.4, 0.5) is 5.69 Å². The minimum absolute atomic E-state index is 0. The predicted molar refractivity (Wildman–Crippen MR) is 126 cm³/mol. The number of hydrogen-bond acceptors (Lipinski definition) is 5. The molecule has 1 aliphatic rings. The number of aliphatic imine (C=N–C) groups is 1. The number of halogens is 1. The van der Waals surface area contributed by atoms with Gasteiger partial charge in [-0.2, -0.15) is 0 Å². The van der Waals surface area contributed by atoms with E-state index in [-0.39, 0.29) is 29.5 Å². The van der Waals surface area contributed by atoms with Crippen molar-refractivity contribution in [2.24, 2.45) is 4.99 Å². The second kappa shape index (κ2) is 12.3. The fraction of sp³-hybridized carbons (Fsp3) is 0.650. The molecule has 160 valence electrons. The zero-order valence-electron chi connectivity index (χ0n) is 17.7. The van der Waals surface area contributed by atoms with Gasteiger partial charge in [0.15, 0.2) is 17.5 Å². The molecule has 1 fully saturated rings. The molecule has 2 rings (SSSR count). The molecule has 0 aromatic heterocycles. The van der Waals surface area contributed by atoms with Crippen molar-refractivity contribution in [3.8, 4) is 11.5 Å². The number of benzene rings is 1. The van der Waals surface area contributed by atoms with Gasteiger partial charge in [0.05, 0.1) is 20.3 Å². The smallest absolute Gasteiger partial charge is 0.195 e. The van der Waals surface area contributed by atoms with Gasteiger partial charge in [-0.1, -0.05) is 0 Å². The van der Waals surface area contributed by atoms with E-state index in [1.165, 1.54) is 0 Å². The van der Waals surface area contributed by atoms with Crippen molar-refractivity contribution in [3.63, 3.8) is 0 Å². The first-order valence-electron chi connectivity index (χ1n) is 9.66. The first kappa shape index (κ1) is 24.8. The quantitative estimate of drug-likeness (QED) is 0.321. The molecule has 1 heterocycles. The summed E-state index contributed by atoms with van der Waals surface area (Å²) in [4.78, 5) is 7.15. The van der Waals surface area contributed by atoms with Gasteiger partial charge in [0, 0.05) is 37.1 Å². The molecule has 1 saturated heterocycles. The Bertz CT molecular complexity index is 619. The van der Waals surface area contributed by atoms with Crippen molar-refractivity contribution in [1.82, 2.24) is 10.2 Å². The number of nitrogens with one attached hydrogen (secondary N) is 2. The molecule has 0 radical (unpaired) electrons. The van der Waals surface area contributed by atoms with Gasteiger partial charge < -0.3 is 29.7 Å². The van der Waals surface area contributed by atoms with Gasteiger partial charge in [0.1, 0.15) is 0 Å². The Morgan fingerprint density at radius 1 is 1.21 bits per heavy atom.